The summed E-state index contributed by atoms with van der Waals surface area (Å²) < 4.78 is 0. The first-order valence-corrected chi connectivity index (χ1v) is 6.85. The van der Waals surface area contributed by atoms with E-state index in [2.05, 4.69) is 11.9 Å². The van der Waals surface area contributed by atoms with Crippen molar-refractivity contribution in [2.75, 3.05) is 0 Å². The van der Waals surface area contributed by atoms with E-state index in [9.17, 15) is 9.59 Å². The van der Waals surface area contributed by atoms with Crippen molar-refractivity contribution in [1.82, 2.24) is 4.98 Å². The van der Waals surface area contributed by atoms with Crippen molar-refractivity contribution in [1.29, 1.82) is 0 Å². The van der Waals surface area contributed by atoms with Crippen LogP contribution in [0.25, 0.3) is 0 Å². The largest absolute Gasteiger partial charge is 0.299 e. The van der Waals surface area contributed by atoms with Crippen LogP contribution in [0.4, 0.5) is 0 Å². The van der Waals surface area contributed by atoms with E-state index in [1.54, 1.807) is 0 Å². The van der Waals surface area contributed by atoms with E-state index in [1.165, 1.54) is 11.3 Å². The minimum absolute atomic E-state index is 0.00767. The highest BCUT2D eigenvalue weighted by atomic mass is 32.1. The van der Waals surface area contributed by atoms with Gasteiger partial charge in [0.15, 0.2) is 5.78 Å². The van der Waals surface area contributed by atoms with E-state index >= 15 is 0 Å². The maximum absolute atomic E-state index is 11.8. The summed E-state index contributed by atoms with van der Waals surface area (Å²) in [6, 6.07) is 0. The standard InChI is InChI=1S/C13H19NO2S/c1-4-5-6-7-11(15)8-12(16)13-9(2)17-10(3)14-13/h4-8H2,1-3H3. The molecule has 0 saturated carbocycles. The summed E-state index contributed by atoms with van der Waals surface area (Å²) in [4.78, 5) is 28.5. The lowest BCUT2D eigenvalue weighted by atomic mass is 10.1. The number of nitrogens with zero attached hydrogens (tertiary/aromatic N) is 1. The number of hydrogen-bond acceptors (Lipinski definition) is 4. The molecule has 0 N–H and O–H groups in total. The third-order valence-corrected chi connectivity index (χ3v) is 3.47. The first-order chi connectivity index (χ1) is 8.04. The monoisotopic (exact) mass is 253 g/mol. The molecule has 94 valence electrons. The zero-order chi connectivity index (χ0) is 12.8. The van der Waals surface area contributed by atoms with Gasteiger partial charge in [0.1, 0.15) is 11.5 Å². The second-order valence-electron chi connectivity index (χ2n) is 4.23. The number of unbranched alkanes of at least 4 members (excludes halogenated alkanes) is 2. The molecule has 0 atom stereocenters. The normalized spacial score (nSPS) is 10.5. The minimum Gasteiger partial charge on any atom is -0.299 e. The summed E-state index contributed by atoms with van der Waals surface area (Å²) >= 11 is 1.50. The molecule has 0 radical (unpaired) electrons. The van der Waals surface area contributed by atoms with Gasteiger partial charge in [-0.25, -0.2) is 4.98 Å². The molecule has 1 aromatic rings. The molecule has 0 aliphatic carbocycles. The van der Waals surface area contributed by atoms with Crippen LogP contribution in [-0.4, -0.2) is 16.6 Å². The topological polar surface area (TPSA) is 47.0 Å². The van der Waals surface area contributed by atoms with Crippen LogP contribution in [-0.2, 0) is 4.79 Å². The highest BCUT2D eigenvalue weighted by molar-refractivity contribution is 7.11. The first kappa shape index (κ1) is 14.0. The molecule has 0 amide bonds. The first-order valence-electron chi connectivity index (χ1n) is 6.03. The molecule has 4 heteroatoms. The minimum atomic E-state index is -0.131. The summed E-state index contributed by atoms with van der Waals surface area (Å²) in [5, 5.41) is 0.879. The highest BCUT2D eigenvalue weighted by Gasteiger charge is 2.17. The van der Waals surface area contributed by atoms with Crippen LogP contribution in [0.2, 0.25) is 0 Å². The third-order valence-electron chi connectivity index (χ3n) is 2.58. The molecule has 1 rings (SSSR count). The summed E-state index contributed by atoms with van der Waals surface area (Å²) in [6.07, 6.45) is 3.55. The highest BCUT2D eigenvalue weighted by Crippen LogP contribution is 2.18. The Kier molecular flexibility index (Phi) is 5.48. The number of rotatable bonds is 7. The summed E-state index contributed by atoms with van der Waals surface area (Å²) in [5.41, 5.74) is 0.483. The van der Waals surface area contributed by atoms with Crippen molar-refractivity contribution < 1.29 is 9.59 Å². The van der Waals surface area contributed by atoms with Gasteiger partial charge in [-0.05, 0) is 20.3 Å². The molecule has 1 aromatic heterocycles. The molecule has 0 fully saturated rings. The molecule has 0 saturated heterocycles. The van der Waals surface area contributed by atoms with Gasteiger partial charge in [-0.15, -0.1) is 11.3 Å². The van der Waals surface area contributed by atoms with E-state index in [0.29, 0.717) is 12.1 Å². The molecular weight excluding hydrogens is 234 g/mol. The number of Topliss-reactive ketones (excluding diaryl/α,β-unsaturated/α-hetero) is 2. The number of aryl methyl sites for hydroxylation is 2. The Hall–Kier alpha value is -1.03. The fraction of sp³-hybridized carbons (Fsp3) is 0.615. The average Bonchev–Trinajstić information content (AvgIpc) is 2.58. The van der Waals surface area contributed by atoms with Crippen molar-refractivity contribution in [3.05, 3.63) is 15.6 Å². The van der Waals surface area contributed by atoms with Gasteiger partial charge in [0.05, 0.1) is 11.4 Å². The lowest BCUT2D eigenvalue weighted by Crippen LogP contribution is -2.09. The fourth-order valence-electron chi connectivity index (χ4n) is 1.71. The van der Waals surface area contributed by atoms with Gasteiger partial charge in [-0.1, -0.05) is 19.8 Å². The second-order valence-corrected chi connectivity index (χ2v) is 5.64. The predicted molar refractivity (Wildman–Crippen MR) is 69.7 cm³/mol. The van der Waals surface area contributed by atoms with E-state index in [1.807, 2.05) is 13.8 Å². The van der Waals surface area contributed by atoms with Gasteiger partial charge in [0, 0.05) is 11.3 Å². The second kappa shape index (κ2) is 6.64. The molecule has 1 heterocycles. The molecule has 3 nitrogen and oxygen atoms in total. The average molecular weight is 253 g/mol. The van der Waals surface area contributed by atoms with Crippen LogP contribution in [0.1, 0.15) is 59.4 Å². The number of aromatic nitrogens is 1. The predicted octanol–water partition coefficient (Wildman–Crippen LogP) is 3.48. The SMILES string of the molecule is CCCCCC(=O)CC(=O)c1nc(C)sc1C. The van der Waals surface area contributed by atoms with E-state index < -0.39 is 0 Å². The molecule has 0 spiro atoms. The molecular formula is C13H19NO2S. The van der Waals surface area contributed by atoms with E-state index in [4.69, 9.17) is 0 Å². The van der Waals surface area contributed by atoms with Crippen molar-refractivity contribution in [3.63, 3.8) is 0 Å². The zero-order valence-corrected chi connectivity index (χ0v) is 11.5. The molecule has 0 bridgehead atoms. The molecule has 0 unspecified atom stereocenters. The lowest BCUT2D eigenvalue weighted by Gasteiger charge is -1.99. The fourth-order valence-corrected chi connectivity index (χ4v) is 2.55. The Labute approximate surface area is 106 Å². The van der Waals surface area contributed by atoms with E-state index in [0.717, 1.165) is 29.1 Å². The molecule has 0 aromatic carbocycles. The Morgan fingerprint density at radius 3 is 2.47 bits per heavy atom. The van der Waals surface area contributed by atoms with Gasteiger partial charge < -0.3 is 0 Å². The van der Waals surface area contributed by atoms with Gasteiger partial charge in [-0.3, -0.25) is 9.59 Å². The van der Waals surface area contributed by atoms with Crippen LogP contribution < -0.4 is 0 Å². The third kappa shape index (κ3) is 4.38. The van der Waals surface area contributed by atoms with Crippen LogP contribution in [0, 0.1) is 13.8 Å². The van der Waals surface area contributed by atoms with Gasteiger partial charge in [-0.2, -0.15) is 0 Å². The van der Waals surface area contributed by atoms with Crippen LogP contribution in [0.3, 0.4) is 0 Å². The summed E-state index contributed by atoms with van der Waals surface area (Å²) in [7, 11) is 0. The Bertz CT molecular complexity index is 410. The Balaban J connectivity index is 2.49. The molecule has 0 aliphatic heterocycles. The van der Waals surface area contributed by atoms with Crippen molar-refractivity contribution in [2.24, 2.45) is 0 Å². The van der Waals surface area contributed by atoms with Crippen molar-refractivity contribution >= 4 is 22.9 Å². The van der Waals surface area contributed by atoms with Crippen molar-refractivity contribution in [3.8, 4) is 0 Å². The van der Waals surface area contributed by atoms with Crippen LogP contribution in [0.15, 0.2) is 0 Å². The summed E-state index contributed by atoms with van der Waals surface area (Å²) in [5.74, 6) is -0.0955. The van der Waals surface area contributed by atoms with Gasteiger partial charge in [0.25, 0.3) is 0 Å². The zero-order valence-electron chi connectivity index (χ0n) is 10.7. The van der Waals surface area contributed by atoms with E-state index in [-0.39, 0.29) is 18.0 Å². The quantitative estimate of drug-likeness (QED) is 0.424. The number of ketones is 2. The maximum Gasteiger partial charge on any atom is 0.189 e. The van der Waals surface area contributed by atoms with Gasteiger partial charge >= 0.3 is 0 Å². The molecule has 0 aliphatic rings. The summed E-state index contributed by atoms with van der Waals surface area (Å²) in [6.45, 7) is 5.84. The van der Waals surface area contributed by atoms with Crippen LogP contribution >= 0.6 is 11.3 Å². The Morgan fingerprint density at radius 1 is 1.24 bits per heavy atom. The number of thiazole rings is 1. The maximum atomic E-state index is 11.8. The number of carbonyl (C=O) groups is 2. The number of carbonyl (C=O) groups excluding carboxylic acids is 2. The molecule has 17 heavy (non-hydrogen) atoms. The number of hydrogen-bond donors (Lipinski definition) is 0. The van der Waals surface area contributed by atoms with Gasteiger partial charge in [0.2, 0.25) is 0 Å². The van der Waals surface area contributed by atoms with Crippen molar-refractivity contribution in [2.45, 2.75) is 52.9 Å². The smallest absolute Gasteiger partial charge is 0.189 e. The van der Waals surface area contributed by atoms with Crippen LogP contribution in [0.5, 0.6) is 0 Å². The lowest BCUT2D eigenvalue weighted by molar-refractivity contribution is -0.118. The Morgan fingerprint density at radius 2 is 1.94 bits per heavy atom.